The first-order valence-electron chi connectivity index (χ1n) is 4.60. The average molecular weight is 211 g/mol. The molecule has 1 nitrogen and oxygen atoms in total. The fourth-order valence-corrected chi connectivity index (χ4v) is 1.53. The van der Waals surface area contributed by atoms with E-state index in [-0.39, 0.29) is 0 Å². The van der Waals surface area contributed by atoms with Crippen molar-refractivity contribution in [2.75, 3.05) is 0 Å². The van der Waals surface area contributed by atoms with Crippen LogP contribution in [0.1, 0.15) is 31.1 Å². The summed E-state index contributed by atoms with van der Waals surface area (Å²) in [5.74, 6) is 0. The van der Waals surface area contributed by atoms with Gasteiger partial charge in [0.2, 0.25) is 0 Å². The summed E-state index contributed by atoms with van der Waals surface area (Å²) < 4.78 is 0. The molecule has 0 aliphatic carbocycles. The van der Waals surface area contributed by atoms with Crippen LogP contribution in [0.4, 0.5) is 0 Å². The van der Waals surface area contributed by atoms with E-state index in [0.29, 0.717) is 5.02 Å². The lowest BCUT2D eigenvalue weighted by Crippen LogP contribution is -1.97. The SMILES string of the molecule is CC(C)=CC(O)c1cccc(Cl)c1C. The Balaban J connectivity index is 3.07. The van der Waals surface area contributed by atoms with Gasteiger partial charge in [-0.25, -0.2) is 0 Å². The second kappa shape index (κ2) is 4.63. The van der Waals surface area contributed by atoms with Crippen molar-refractivity contribution < 1.29 is 5.11 Å². The summed E-state index contributed by atoms with van der Waals surface area (Å²) in [7, 11) is 0. The molecule has 0 amide bonds. The lowest BCUT2D eigenvalue weighted by atomic mass is 10.0. The summed E-state index contributed by atoms with van der Waals surface area (Å²) in [4.78, 5) is 0. The minimum atomic E-state index is -0.557. The van der Waals surface area contributed by atoms with E-state index in [2.05, 4.69) is 0 Å². The molecule has 0 aliphatic rings. The Morgan fingerprint density at radius 3 is 2.64 bits per heavy atom. The molecule has 0 aromatic heterocycles. The third-order valence-electron chi connectivity index (χ3n) is 2.12. The molecule has 0 fully saturated rings. The number of aliphatic hydroxyl groups excluding tert-OH is 1. The molecule has 0 bridgehead atoms. The topological polar surface area (TPSA) is 20.2 Å². The minimum absolute atomic E-state index is 0.557. The number of benzene rings is 1. The lowest BCUT2D eigenvalue weighted by molar-refractivity contribution is 0.227. The molecule has 0 spiro atoms. The maximum atomic E-state index is 9.86. The quantitative estimate of drug-likeness (QED) is 0.739. The van der Waals surface area contributed by atoms with Crippen molar-refractivity contribution in [2.24, 2.45) is 0 Å². The second-order valence-electron chi connectivity index (χ2n) is 3.64. The summed E-state index contributed by atoms with van der Waals surface area (Å²) in [5.41, 5.74) is 2.91. The van der Waals surface area contributed by atoms with Crippen LogP contribution in [0.2, 0.25) is 5.02 Å². The van der Waals surface area contributed by atoms with Crippen molar-refractivity contribution in [2.45, 2.75) is 26.9 Å². The maximum Gasteiger partial charge on any atom is 0.0977 e. The molecule has 0 saturated carbocycles. The minimum Gasteiger partial charge on any atom is -0.384 e. The van der Waals surface area contributed by atoms with E-state index >= 15 is 0 Å². The van der Waals surface area contributed by atoms with E-state index < -0.39 is 6.10 Å². The third-order valence-corrected chi connectivity index (χ3v) is 2.53. The zero-order chi connectivity index (χ0) is 10.7. The van der Waals surface area contributed by atoms with Crippen molar-refractivity contribution in [3.8, 4) is 0 Å². The Morgan fingerprint density at radius 2 is 2.07 bits per heavy atom. The van der Waals surface area contributed by atoms with Crippen LogP contribution in [-0.2, 0) is 0 Å². The van der Waals surface area contributed by atoms with Gasteiger partial charge in [0.15, 0.2) is 0 Å². The molecule has 0 heterocycles. The zero-order valence-electron chi connectivity index (χ0n) is 8.71. The van der Waals surface area contributed by atoms with Crippen LogP contribution in [0, 0.1) is 6.92 Å². The smallest absolute Gasteiger partial charge is 0.0977 e. The zero-order valence-corrected chi connectivity index (χ0v) is 9.47. The normalized spacial score (nSPS) is 12.4. The highest BCUT2D eigenvalue weighted by Crippen LogP contribution is 2.25. The van der Waals surface area contributed by atoms with Gasteiger partial charge < -0.3 is 5.11 Å². The summed E-state index contributed by atoms with van der Waals surface area (Å²) in [6, 6.07) is 5.58. The highest BCUT2D eigenvalue weighted by Gasteiger charge is 2.08. The van der Waals surface area contributed by atoms with Gasteiger partial charge in [-0.2, -0.15) is 0 Å². The predicted molar refractivity (Wildman–Crippen MR) is 60.6 cm³/mol. The Labute approximate surface area is 90.0 Å². The fraction of sp³-hybridized carbons (Fsp3) is 0.333. The first-order valence-corrected chi connectivity index (χ1v) is 4.98. The molecule has 14 heavy (non-hydrogen) atoms. The van der Waals surface area contributed by atoms with Crippen LogP contribution >= 0.6 is 11.6 Å². The molecular formula is C12H15ClO. The summed E-state index contributed by atoms with van der Waals surface area (Å²) in [6.07, 6.45) is 1.26. The van der Waals surface area contributed by atoms with Crippen LogP contribution in [0.3, 0.4) is 0 Å². The Hall–Kier alpha value is -0.790. The van der Waals surface area contributed by atoms with E-state index in [9.17, 15) is 5.11 Å². The average Bonchev–Trinajstić information content (AvgIpc) is 2.08. The summed E-state index contributed by atoms with van der Waals surface area (Å²) in [5, 5.41) is 10.6. The van der Waals surface area contributed by atoms with E-state index in [1.54, 1.807) is 0 Å². The van der Waals surface area contributed by atoms with Gasteiger partial charge in [0.1, 0.15) is 0 Å². The molecule has 2 heteroatoms. The van der Waals surface area contributed by atoms with Gasteiger partial charge in [-0.3, -0.25) is 0 Å². The van der Waals surface area contributed by atoms with Gasteiger partial charge in [0.05, 0.1) is 6.10 Å². The fourth-order valence-electron chi connectivity index (χ4n) is 1.35. The Morgan fingerprint density at radius 1 is 1.43 bits per heavy atom. The summed E-state index contributed by atoms with van der Waals surface area (Å²) >= 11 is 5.96. The molecule has 76 valence electrons. The molecule has 1 aromatic carbocycles. The maximum absolute atomic E-state index is 9.86. The molecule has 1 rings (SSSR count). The van der Waals surface area contributed by atoms with Gasteiger partial charge in [-0.05, 0) is 38.0 Å². The molecule has 1 N–H and O–H groups in total. The Bertz CT molecular complexity index is 351. The number of allylic oxidation sites excluding steroid dienone is 1. The monoisotopic (exact) mass is 210 g/mol. The molecule has 1 atom stereocenters. The third kappa shape index (κ3) is 2.60. The standard InChI is InChI=1S/C12H15ClO/c1-8(2)7-12(14)10-5-4-6-11(13)9(10)3/h4-7,12,14H,1-3H3. The van der Waals surface area contributed by atoms with Crippen molar-refractivity contribution in [3.63, 3.8) is 0 Å². The van der Waals surface area contributed by atoms with Crippen molar-refractivity contribution >= 4 is 11.6 Å². The largest absolute Gasteiger partial charge is 0.384 e. The van der Waals surface area contributed by atoms with Crippen LogP contribution in [0.5, 0.6) is 0 Å². The molecular weight excluding hydrogens is 196 g/mol. The van der Waals surface area contributed by atoms with Gasteiger partial charge in [0.25, 0.3) is 0 Å². The molecule has 0 aliphatic heterocycles. The van der Waals surface area contributed by atoms with Gasteiger partial charge in [0, 0.05) is 5.02 Å². The number of hydrogen-bond acceptors (Lipinski definition) is 1. The van der Waals surface area contributed by atoms with Crippen LogP contribution in [-0.4, -0.2) is 5.11 Å². The van der Waals surface area contributed by atoms with E-state index in [1.807, 2.05) is 45.0 Å². The highest BCUT2D eigenvalue weighted by atomic mass is 35.5. The number of aliphatic hydroxyl groups is 1. The van der Waals surface area contributed by atoms with Gasteiger partial charge in [-0.15, -0.1) is 0 Å². The molecule has 0 saturated heterocycles. The van der Waals surface area contributed by atoms with E-state index in [0.717, 1.165) is 16.7 Å². The predicted octanol–water partition coefficient (Wildman–Crippen LogP) is 3.65. The van der Waals surface area contributed by atoms with Crippen molar-refractivity contribution in [3.05, 3.63) is 46.0 Å². The van der Waals surface area contributed by atoms with Crippen LogP contribution in [0.15, 0.2) is 29.8 Å². The number of hydrogen-bond donors (Lipinski definition) is 1. The highest BCUT2D eigenvalue weighted by molar-refractivity contribution is 6.31. The molecule has 1 aromatic rings. The first-order chi connectivity index (χ1) is 6.52. The summed E-state index contributed by atoms with van der Waals surface area (Å²) in [6.45, 7) is 5.84. The lowest BCUT2D eigenvalue weighted by Gasteiger charge is -2.11. The Kier molecular flexibility index (Phi) is 3.73. The van der Waals surface area contributed by atoms with Gasteiger partial charge >= 0.3 is 0 Å². The number of rotatable bonds is 2. The van der Waals surface area contributed by atoms with Crippen LogP contribution in [0.25, 0.3) is 0 Å². The first kappa shape index (κ1) is 11.3. The van der Waals surface area contributed by atoms with E-state index in [4.69, 9.17) is 11.6 Å². The van der Waals surface area contributed by atoms with Crippen molar-refractivity contribution in [1.29, 1.82) is 0 Å². The molecule has 1 unspecified atom stereocenters. The molecule has 0 radical (unpaired) electrons. The van der Waals surface area contributed by atoms with Crippen LogP contribution < -0.4 is 0 Å². The van der Waals surface area contributed by atoms with E-state index in [1.165, 1.54) is 0 Å². The second-order valence-corrected chi connectivity index (χ2v) is 4.05. The van der Waals surface area contributed by atoms with Gasteiger partial charge in [-0.1, -0.05) is 35.4 Å². The van der Waals surface area contributed by atoms with Crippen molar-refractivity contribution in [1.82, 2.24) is 0 Å². The number of halogens is 1.